The van der Waals surface area contributed by atoms with Crippen LogP contribution in [0.3, 0.4) is 0 Å². The molecular formula is C17H18ClNO2S. The molecule has 0 aromatic heterocycles. The van der Waals surface area contributed by atoms with Crippen molar-refractivity contribution in [3.05, 3.63) is 64.7 Å². The number of para-hydroxylation sites is 1. The van der Waals surface area contributed by atoms with E-state index in [9.17, 15) is 8.42 Å². The van der Waals surface area contributed by atoms with Crippen molar-refractivity contribution in [3.63, 3.8) is 0 Å². The normalized spacial score (nSPS) is 15.2. The summed E-state index contributed by atoms with van der Waals surface area (Å²) >= 11 is 6.12. The SMILES string of the molecule is O=S(=O)(Cc1ccccc1Cl)N1CCCCc2ccccc21. The maximum Gasteiger partial charge on any atom is 0.239 e. The molecule has 0 bridgehead atoms. The number of hydrogen-bond acceptors (Lipinski definition) is 2. The van der Waals surface area contributed by atoms with Gasteiger partial charge < -0.3 is 0 Å². The molecule has 5 heteroatoms. The Labute approximate surface area is 136 Å². The van der Waals surface area contributed by atoms with Crippen molar-refractivity contribution in [3.8, 4) is 0 Å². The first-order valence-electron chi connectivity index (χ1n) is 7.40. The molecule has 116 valence electrons. The standard InChI is InChI=1S/C17H18ClNO2S/c18-16-10-3-1-9-15(16)13-22(20,21)19-12-6-5-8-14-7-2-4-11-17(14)19/h1-4,7,9-11H,5-6,8,12-13H2. The predicted molar refractivity (Wildman–Crippen MR) is 90.8 cm³/mol. The van der Waals surface area contributed by atoms with Crippen LogP contribution in [0.15, 0.2) is 48.5 Å². The van der Waals surface area contributed by atoms with Crippen molar-refractivity contribution in [2.75, 3.05) is 10.8 Å². The summed E-state index contributed by atoms with van der Waals surface area (Å²) in [5.74, 6) is -0.0684. The monoisotopic (exact) mass is 335 g/mol. The zero-order valence-corrected chi connectivity index (χ0v) is 13.8. The molecular weight excluding hydrogens is 318 g/mol. The third-order valence-corrected chi connectivity index (χ3v) is 6.04. The van der Waals surface area contributed by atoms with E-state index in [1.54, 1.807) is 22.5 Å². The second-order valence-corrected chi connectivity index (χ2v) is 7.81. The fourth-order valence-electron chi connectivity index (χ4n) is 2.84. The third kappa shape index (κ3) is 3.13. The summed E-state index contributed by atoms with van der Waals surface area (Å²) in [6.07, 6.45) is 2.81. The number of hydrogen-bond donors (Lipinski definition) is 0. The van der Waals surface area contributed by atoms with Gasteiger partial charge in [0.05, 0.1) is 11.4 Å². The van der Waals surface area contributed by atoms with Crippen LogP contribution in [0, 0.1) is 0 Å². The minimum atomic E-state index is -3.45. The van der Waals surface area contributed by atoms with Crippen LogP contribution in [0.4, 0.5) is 5.69 Å². The number of aryl methyl sites for hydroxylation is 1. The zero-order valence-electron chi connectivity index (χ0n) is 12.2. The molecule has 1 aliphatic heterocycles. The van der Waals surface area contributed by atoms with Crippen molar-refractivity contribution < 1.29 is 8.42 Å². The van der Waals surface area contributed by atoms with Crippen molar-refractivity contribution in [1.29, 1.82) is 0 Å². The molecule has 22 heavy (non-hydrogen) atoms. The summed E-state index contributed by atoms with van der Waals surface area (Å²) in [5, 5.41) is 0.495. The average molecular weight is 336 g/mol. The number of fused-ring (bicyclic) bond motifs is 1. The van der Waals surface area contributed by atoms with Crippen LogP contribution >= 0.6 is 11.6 Å². The lowest BCUT2D eigenvalue weighted by atomic mass is 10.1. The maximum atomic E-state index is 12.9. The van der Waals surface area contributed by atoms with Gasteiger partial charge >= 0.3 is 0 Å². The van der Waals surface area contributed by atoms with Gasteiger partial charge in [-0.2, -0.15) is 0 Å². The molecule has 3 rings (SSSR count). The molecule has 2 aromatic carbocycles. The summed E-state index contributed by atoms with van der Waals surface area (Å²) in [6, 6.07) is 14.9. The van der Waals surface area contributed by atoms with Gasteiger partial charge in [0.15, 0.2) is 0 Å². The van der Waals surface area contributed by atoms with Gasteiger partial charge in [-0.15, -0.1) is 0 Å². The van der Waals surface area contributed by atoms with Gasteiger partial charge in [-0.3, -0.25) is 4.31 Å². The highest BCUT2D eigenvalue weighted by atomic mass is 35.5. The molecule has 0 N–H and O–H groups in total. The zero-order chi connectivity index (χ0) is 15.6. The summed E-state index contributed by atoms with van der Waals surface area (Å²) < 4.78 is 27.3. The number of halogens is 1. The summed E-state index contributed by atoms with van der Waals surface area (Å²) in [5.41, 5.74) is 2.56. The first kappa shape index (κ1) is 15.4. The molecule has 0 aliphatic carbocycles. The third-order valence-electron chi connectivity index (χ3n) is 3.95. The molecule has 0 atom stereocenters. The lowest BCUT2D eigenvalue weighted by Gasteiger charge is -2.24. The van der Waals surface area contributed by atoms with E-state index in [0.717, 1.165) is 30.5 Å². The van der Waals surface area contributed by atoms with E-state index < -0.39 is 10.0 Å². The molecule has 1 heterocycles. The van der Waals surface area contributed by atoms with E-state index in [4.69, 9.17) is 11.6 Å². The van der Waals surface area contributed by atoms with Gasteiger partial charge in [0.25, 0.3) is 0 Å². The molecule has 2 aromatic rings. The van der Waals surface area contributed by atoms with Gasteiger partial charge in [0.2, 0.25) is 10.0 Å². The van der Waals surface area contributed by atoms with E-state index in [1.165, 1.54) is 0 Å². The van der Waals surface area contributed by atoms with E-state index in [1.807, 2.05) is 30.3 Å². The highest BCUT2D eigenvalue weighted by Gasteiger charge is 2.26. The van der Waals surface area contributed by atoms with E-state index in [0.29, 0.717) is 17.1 Å². The lowest BCUT2D eigenvalue weighted by Crippen LogP contribution is -2.33. The topological polar surface area (TPSA) is 37.4 Å². The van der Waals surface area contributed by atoms with Crippen LogP contribution < -0.4 is 4.31 Å². The number of sulfonamides is 1. The molecule has 1 aliphatic rings. The largest absolute Gasteiger partial charge is 0.270 e. The van der Waals surface area contributed by atoms with Crippen LogP contribution in [0.25, 0.3) is 0 Å². The van der Waals surface area contributed by atoms with E-state index >= 15 is 0 Å². The van der Waals surface area contributed by atoms with E-state index in [-0.39, 0.29) is 5.75 Å². The Morgan fingerprint density at radius 3 is 2.55 bits per heavy atom. The van der Waals surface area contributed by atoms with Crippen molar-refractivity contribution >= 4 is 27.3 Å². The van der Waals surface area contributed by atoms with Crippen LogP contribution in [-0.2, 0) is 22.2 Å². The molecule has 0 amide bonds. The van der Waals surface area contributed by atoms with Gasteiger partial charge in [-0.1, -0.05) is 48.0 Å². The first-order valence-corrected chi connectivity index (χ1v) is 9.38. The Hall–Kier alpha value is -1.52. The molecule has 0 unspecified atom stereocenters. The lowest BCUT2D eigenvalue weighted by molar-refractivity contribution is 0.588. The molecule has 0 saturated carbocycles. The fraction of sp³-hybridized carbons (Fsp3) is 0.294. The molecule has 0 fully saturated rings. The van der Waals surface area contributed by atoms with Gasteiger partial charge in [-0.05, 0) is 42.5 Å². The van der Waals surface area contributed by atoms with Gasteiger partial charge in [-0.25, -0.2) is 8.42 Å². The number of rotatable bonds is 3. The smallest absolute Gasteiger partial charge is 0.239 e. The maximum absolute atomic E-state index is 12.9. The Morgan fingerprint density at radius 1 is 1.00 bits per heavy atom. The Bertz CT molecular complexity index is 774. The van der Waals surface area contributed by atoms with Crippen LogP contribution in [0.5, 0.6) is 0 Å². The highest BCUT2D eigenvalue weighted by molar-refractivity contribution is 7.92. The summed E-state index contributed by atoms with van der Waals surface area (Å²) in [4.78, 5) is 0. The minimum absolute atomic E-state index is 0.0684. The van der Waals surface area contributed by atoms with Gasteiger partial charge in [0, 0.05) is 11.6 Å². The first-order chi connectivity index (χ1) is 10.6. The van der Waals surface area contributed by atoms with Crippen molar-refractivity contribution in [2.45, 2.75) is 25.0 Å². The quantitative estimate of drug-likeness (QED) is 0.849. The number of benzene rings is 2. The molecule has 0 spiro atoms. The predicted octanol–water partition coefficient (Wildman–Crippen LogP) is 4.01. The number of anilines is 1. The Kier molecular flexibility index (Phi) is 4.41. The fourth-order valence-corrected chi connectivity index (χ4v) is 4.80. The summed E-state index contributed by atoms with van der Waals surface area (Å²) in [7, 11) is -3.45. The summed E-state index contributed by atoms with van der Waals surface area (Å²) in [6.45, 7) is 0.532. The number of nitrogens with zero attached hydrogens (tertiary/aromatic N) is 1. The van der Waals surface area contributed by atoms with Crippen molar-refractivity contribution in [2.24, 2.45) is 0 Å². The van der Waals surface area contributed by atoms with Gasteiger partial charge in [0.1, 0.15) is 0 Å². The van der Waals surface area contributed by atoms with Crippen LogP contribution in [0.1, 0.15) is 24.0 Å². The molecule has 0 saturated heterocycles. The highest BCUT2D eigenvalue weighted by Crippen LogP contribution is 2.30. The van der Waals surface area contributed by atoms with Crippen LogP contribution in [0.2, 0.25) is 5.02 Å². The second-order valence-electron chi connectivity index (χ2n) is 5.51. The van der Waals surface area contributed by atoms with Crippen molar-refractivity contribution in [1.82, 2.24) is 0 Å². The molecule has 3 nitrogen and oxygen atoms in total. The average Bonchev–Trinajstić information content (AvgIpc) is 2.72. The second kappa shape index (κ2) is 6.31. The van der Waals surface area contributed by atoms with Crippen LogP contribution in [-0.4, -0.2) is 15.0 Å². The Morgan fingerprint density at radius 2 is 1.73 bits per heavy atom. The minimum Gasteiger partial charge on any atom is -0.270 e. The molecule has 0 radical (unpaired) electrons. The van der Waals surface area contributed by atoms with E-state index in [2.05, 4.69) is 0 Å². The Balaban J connectivity index is 1.97.